The van der Waals surface area contributed by atoms with Crippen LogP contribution in [0, 0.1) is 5.82 Å². The first-order chi connectivity index (χ1) is 8.70. The SMILES string of the molecule is CCn1nccc1CNC(C)c1cccc(F)c1. The van der Waals surface area contributed by atoms with E-state index in [0.717, 1.165) is 24.3 Å². The number of rotatable bonds is 5. The number of hydrogen-bond acceptors (Lipinski definition) is 2. The van der Waals surface area contributed by atoms with Gasteiger partial charge in [-0.2, -0.15) is 5.10 Å². The van der Waals surface area contributed by atoms with Crippen LogP contribution in [0.4, 0.5) is 4.39 Å². The van der Waals surface area contributed by atoms with E-state index in [0.29, 0.717) is 0 Å². The van der Waals surface area contributed by atoms with Crippen molar-refractivity contribution in [2.75, 3.05) is 0 Å². The molecule has 0 amide bonds. The minimum absolute atomic E-state index is 0.112. The van der Waals surface area contributed by atoms with Crippen LogP contribution in [0.25, 0.3) is 0 Å². The van der Waals surface area contributed by atoms with Crippen LogP contribution in [0.1, 0.15) is 31.1 Å². The molecule has 1 heterocycles. The lowest BCUT2D eigenvalue weighted by Gasteiger charge is -2.14. The molecule has 4 heteroatoms. The van der Waals surface area contributed by atoms with E-state index in [1.165, 1.54) is 6.07 Å². The molecule has 96 valence electrons. The summed E-state index contributed by atoms with van der Waals surface area (Å²) in [6.07, 6.45) is 1.80. The molecule has 18 heavy (non-hydrogen) atoms. The van der Waals surface area contributed by atoms with E-state index in [1.54, 1.807) is 18.3 Å². The van der Waals surface area contributed by atoms with Crippen LogP contribution in [-0.2, 0) is 13.1 Å². The molecule has 2 rings (SSSR count). The molecule has 0 aliphatic rings. The van der Waals surface area contributed by atoms with Gasteiger partial charge in [0.15, 0.2) is 0 Å². The Morgan fingerprint density at radius 3 is 2.94 bits per heavy atom. The number of aryl methyl sites for hydroxylation is 1. The van der Waals surface area contributed by atoms with Gasteiger partial charge in [0, 0.05) is 25.3 Å². The molecule has 0 radical (unpaired) electrons. The van der Waals surface area contributed by atoms with E-state index in [2.05, 4.69) is 17.3 Å². The first kappa shape index (κ1) is 12.8. The molecule has 1 aromatic heterocycles. The fourth-order valence-corrected chi connectivity index (χ4v) is 1.95. The first-order valence-electron chi connectivity index (χ1n) is 6.20. The minimum atomic E-state index is -0.195. The molecule has 0 saturated carbocycles. The van der Waals surface area contributed by atoms with Crippen molar-refractivity contribution in [2.24, 2.45) is 0 Å². The number of nitrogens with one attached hydrogen (secondary N) is 1. The third-order valence-corrected chi connectivity index (χ3v) is 3.04. The Morgan fingerprint density at radius 1 is 1.39 bits per heavy atom. The van der Waals surface area contributed by atoms with Crippen LogP contribution in [-0.4, -0.2) is 9.78 Å². The Morgan fingerprint density at radius 2 is 2.22 bits per heavy atom. The highest BCUT2D eigenvalue weighted by atomic mass is 19.1. The van der Waals surface area contributed by atoms with E-state index in [9.17, 15) is 4.39 Å². The van der Waals surface area contributed by atoms with Crippen LogP contribution < -0.4 is 5.32 Å². The van der Waals surface area contributed by atoms with Gasteiger partial charge in [0.1, 0.15) is 5.82 Å². The Bertz CT molecular complexity index is 507. The van der Waals surface area contributed by atoms with E-state index in [1.807, 2.05) is 23.7 Å². The van der Waals surface area contributed by atoms with Crippen molar-refractivity contribution >= 4 is 0 Å². The smallest absolute Gasteiger partial charge is 0.123 e. The van der Waals surface area contributed by atoms with Crippen molar-refractivity contribution in [3.63, 3.8) is 0 Å². The van der Waals surface area contributed by atoms with Crippen molar-refractivity contribution in [3.8, 4) is 0 Å². The number of halogens is 1. The summed E-state index contributed by atoms with van der Waals surface area (Å²) in [6.45, 7) is 5.68. The maximum absolute atomic E-state index is 13.1. The molecule has 0 spiro atoms. The fourth-order valence-electron chi connectivity index (χ4n) is 1.95. The second-order valence-electron chi connectivity index (χ2n) is 4.30. The Balaban J connectivity index is 1.98. The van der Waals surface area contributed by atoms with E-state index in [-0.39, 0.29) is 11.9 Å². The van der Waals surface area contributed by atoms with Gasteiger partial charge in [0.2, 0.25) is 0 Å². The van der Waals surface area contributed by atoms with E-state index in [4.69, 9.17) is 0 Å². The molecular weight excluding hydrogens is 229 g/mol. The normalized spacial score (nSPS) is 12.6. The van der Waals surface area contributed by atoms with Gasteiger partial charge in [-0.05, 0) is 37.6 Å². The zero-order valence-electron chi connectivity index (χ0n) is 10.7. The van der Waals surface area contributed by atoms with Gasteiger partial charge >= 0.3 is 0 Å². The van der Waals surface area contributed by atoms with Crippen LogP contribution >= 0.6 is 0 Å². The van der Waals surface area contributed by atoms with Crippen LogP contribution in [0.15, 0.2) is 36.5 Å². The molecule has 0 aliphatic heterocycles. The molecule has 1 N–H and O–H groups in total. The maximum Gasteiger partial charge on any atom is 0.123 e. The van der Waals surface area contributed by atoms with Gasteiger partial charge in [-0.25, -0.2) is 4.39 Å². The molecule has 0 aliphatic carbocycles. The first-order valence-corrected chi connectivity index (χ1v) is 6.20. The van der Waals surface area contributed by atoms with E-state index >= 15 is 0 Å². The van der Waals surface area contributed by atoms with E-state index < -0.39 is 0 Å². The second kappa shape index (κ2) is 5.78. The van der Waals surface area contributed by atoms with Gasteiger partial charge < -0.3 is 5.32 Å². The topological polar surface area (TPSA) is 29.9 Å². The number of nitrogens with zero attached hydrogens (tertiary/aromatic N) is 2. The number of aromatic nitrogens is 2. The summed E-state index contributed by atoms with van der Waals surface area (Å²) in [5.74, 6) is -0.195. The van der Waals surface area contributed by atoms with Gasteiger partial charge in [-0.3, -0.25) is 4.68 Å². The van der Waals surface area contributed by atoms with Crippen LogP contribution in [0.3, 0.4) is 0 Å². The highest BCUT2D eigenvalue weighted by Crippen LogP contribution is 2.14. The number of hydrogen-bond donors (Lipinski definition) is 1. The lowest BCUT2D eigenvalue weighted by Crippen LogP contribution is -2.20. The third kappa shape index (κ3) is 2.96. The summed E-state index contributed by atoms with van der Waals surface area (Å²) in [4.78, 5) is 0. The number of benzene rings is 1. The highest BCUT2D eigenvalue weighted by molar-refractivity contribution is 5.19. The molecular formula is C14H18FN3. The summed E-state index contributed by atoms with van der Waals surface area (Å²) in [5.41, 5.74) is 2.10. The zero-order chi connectivity index (χ0) is 13.0. The monoisotopic (exact) mass is 247 g/mol. The lowest BCUT2D eigenvalue weighted by molar-refractivity contribution is 0.528. The summed E-state index contributed by atoms with van der Waals surface area (Å²) >= 11 is 0. The van der Waals surface area contributed by atoms with Crippen molar-refractivity contribution in [1.29, 1.82) is 0 Å². The Labute approximate surface area is 107 Å². The molecule has 1 aromatic carbocycles. The van der Waals surface area contributed by atoms with Crippen LogP contribution in [0.5, 0.6) is 0 Å². The second-order valence-corrected chi connectivity index (χ2v) is 4.30. The summed E-state index contributed by atoms with van der Waals surface area (Å²) in [7, 11) is 0. The molecule has 1 atom stereocenters. The average Bonchev–Trinajstić information content (AvgIpc) is 2.83. The quantitative estimate of drug-likeness (QED) is 0.880. The van der Waals surface area contributed by atoms with Crippen molar-refractivity contribution in [2.45, 2.75) is 33.0 Å². The summed E-state index contributed by atoms with van der Waals surface area (Å²) < 4.78 is 15.1. The predicted octanol–water partition coefficient (Wildman–Crippen LogP) is 2.89. The molecule has 2 aromatic rings. The zero-order valence-corrected chi connectivity index (χ0v) is 10.7. The average molecular weight is 247 g/mol. The van der Waals surface area contributed by atoms with Crippen molar-refractivity contribution in [3.05, 3.63) is 53.6 Å². The molecule has 3 nitrogen and oxygen atoms in total. The van der Waals surface area contributed by atoms with Gasteiger partial charge in [-0.15, -0.1) is 0 Å². The molecule has 1 unspecified atom stereocenters. The Hall–Kier alpha value is -1.68. The van der Waals surface area contributed by atoms with Crippen molar-refractivity contribution < 1.29 is 4.39 Å². The fraction of sp³-hybridized carbons (Fsp3) is 0.357. The maximum atomic E-state index is 13.1. The predicted molar refractivity (Wildman–Crippen MR) is 69.6 cm³/mol. The standard InChI is InChI=1S/C14H18FN3/c1-3-18-14(7-8-17-18)10-16-11(2)12-5-4-6-13(15)9-12/h4-9,11,16H,3,10H2,1-2H3. The van der Waals surface area contributed by atoms with Gasteiger partial charge in [0.25, 0.3) is 0 Å². The van der Waals surface area contributed by atoms with Gasteiger partial charge in [-0.1, -0.05) is 12.1 Å². The lowest BCUT2D eigenvalue weighted by atomic mass is 10.1. The minimum Gasteiger partial charge on any atom is -0.305 e. The highest BCUT2D eigenvalue weighted by Gasteiger charge is 2.07. The van der Waals surface area contributed by atoms with Crippen molar-refractivity contribution in [1.82, 2.24) is 15.1 Å². The summed E-state index contributed by atoms with van der Waals surface area (Å²) in [6, 6.07) is 8.80. The third-order valence-electron chi connectivity index (χ3n) is 3.04. The van der Waals surface area contributed by atoms with Crippen LogP contribution in [0.2, 0.25) is 0 Å². The Kier molecular flexibility index (Phi) is 4.10. The molecule has 0 bridgehead atoms. The summed E-state index contributed by atoms with van der Waals surface area (Å²) in [5, 5.41) is 7.59. The molecule has 0 saturated heterocycles. The largest absolute Gasteiger partial charge is 0.305 e. The van der Waals surface area contributed by atoms with Gasteiger partial charge in [0.05, 0.1) is 5.69 Å². The molecule has 0 fully saturated rings.